The first-order chi connectivity index (χ1) is 18.8. The molecule has 0 spiro atoms. The molecule has 0 bridgehead atoms. The molecule has 0 unspecified atom stereocenters. The lowest BCUT2D eigenvalue weighted by atomic mass is 10.1. The van der Waals surface area contributed by atoms with Crippen LogP contribution in [0.5, 0.6) is 0 Å². The zero-order chi connectivity index (χ0) is 29.6. The summed E-state index contributed by atoms with van der Waals surface area (Å²) in [6, 6.07) is 15.8. The van der Waals surface area contributed by atoms with E-state index in [4.69, 9.17) is 23.2 Å². The molecule has 0 aliphatic carbocycles. The van der Waals surface area contributed by atoms with Gasteiger partial charge in [-0.05, 0) is 75.6 Å². The highest BCUT2D eigenvalue weighted by atomic mass is 35.5. The van der Waals surface area contributed by atoms with Crippen LogP contribution in [0, 0.1) is 20.8 Å². The molecule has 0 aromatic heterocycles. The number of nitrogens with one attached hydrogen (secondary N) is 1. The van der Waals surface area contributed by atoms with Crippen molar-refractivity contribution in [1.82, 2.24) is 10.2 Å². The van der Waals surface area contributed by atoms with E-state index in [1.807, 2.05) is 26.8 Å². The number of carbonyl (C=O) groups is 2. The zero-order valence-corrected chi connectivity index (χ0v) is 25.7. The van der Waals surface area contributed by atoms with Crippen LogP contribution in [0.25, 0.3) is 0 Å². The number of halogens is 2. The van der Waals surface area contributed by atoms with Gasteiger partial charge in [0.15, 0.2) is 0 Å². The highest BCUT2D eigenvalue weighted by Crippen LogP contribution is 2.29. The number of sulfonamides is 1. The average Bonchev–Trinajstić information content (AvgIpc) is 2.90. The van der Waals surface area contributed by atoms with Crippen LogP contribution in [0.4, 0.5) is 5.69 Å². The molecule has 2 amide bonds. The van der Waals surface area contributed by atoms with Gasteiger partial charge in [-0.3, -0.25) is 13.9 Å². The standard InChI is InChI=1S/C30H35Cl2N3O4S/c1-6-15-33-30(37)23(5)34(18-24-10-11-25(31)17-27(24)32)29(36)19-35(28-14-9-21(3)16-22(28)4)40(38,39)26-12-7-20(2)8-13-26/h7-14,16-17,23H,6,15,18-19H2,1-5H3,(H,33,37)/t23-/m1/s1. The van der Waals surface area contributed by atoms with Gasteiger partial charge in [0.1, 0.15) is 12.6 Å². The third-order valence-corrected chi connectivity index (χ3v) is 8.94. The molecule has 0 radical (unpaired) electrons. The van der Waals surface area contributed by atoms with Gasteiger partial charge >= 0.3 is 0 Å². The van der Waals surface area contributed by atoms with Crippen molar-refractivity contribution in [2.45, 2.75) is 58.5 Å². The van der Waals surface area contributed by atoms with Gasteiger partial charge in [0.25, 0.3) is 10.0 Å². The summed E-state index contributed by atoms with van der Waals surface area (Å²) in [5.41, 5.74) is 3.53. The number of carbonyl (C=O) groups excluding carboxylic acids is 2. The summed E-state index contributed by atoms with van der Waals surface area (Å²) < 4.78 is 29.1. The fourth-order valence-electron chi connectivity index (χ4n) is 4.25. The quantitative estimate of drug-likeness (QED) is 0.289. The molecular weight excluding hydrogens is 569 g/mol. The number of nitrogens with zero attached hydrogens (tertiary/aromatic N) is 2. The molecular formula is C30H35Cl2N3O4S. The van der Waals surface area contributed by atoms with E-state index in [0.29, 0.717) is 33.4 Å². The molecule has 0 heterocycles. The first kappa shape index (κ1) is 31.5. The van der Waals surface area contributed by atoms with Crippen molar-refractivity contribution in [2.24, 2.45) is 0 Å². The minimum absolute atomic E-state index is 0.0130. The summed E-state index contributed by atoms with van der Waals surface area (Å²) in [6.45, 7) is 9.04. The van der Waals surface area contributed by atoms with Gasteiger partial charge in [-0.1, -0.05) is 71.6 Å². The maximum Gasteiger partial charge on any atom is 0.264 e. The van der Waals surface area contributed by atoms with Gasteiger partial charge in [0, 0.05) is 23.1 Å². The van der Waals surface area contributed by atoms with E-state index in [0.717, 1.165) is 21.9 Å². The second kappa shape index (κ2) is 13.5. The fourth-order valence-corrected chi connectivity index (χ4v) is 6.19. The molecule has 1 atom stereocenters. The molecule has 1 N–H and O–H groups in total. The molecule has 40 heavy (non-hydrogen) atoms. The van der Waals surface area contributed by atoms with E-state index in [1.54, 1.807) is 56.3 Å². The molecule has 0 fully saturated rings. The van der Waals surface area contributed by atoms with Gasteiger partial charge in [-0.25, -0.2) is 8.42 Å². The van der Waals surface area contributed by atoms with E-state index in [9.17, 15) is 18.0 Å². The van der Waals surface area contributed by atoms with Gasteiger partial charge in [0.2, 0.25) is 11.8 Å². The number of benzene rings is 3. The highest BCUT2D eigenvalue weighted by Gasteiger charge is 2.33. The van der Waals surface area contributed by atoms with Crippen LogP contribution in [-0.4, -0.2) is 44.3 Å². The third kappa shape index (κ3) is 7.56. The van der Waals surface area contributed by atoms with Gasteiger partial charge in [-0.15, -0.1) is 0 Å². The molecule has 3 rings (SSSR count). The minimum atomic E-state index is -4.14. The number of rotatable bonds is 11. The molecule has 0 saturated carbocycles. The van der Waals surface area contributed by atoms with E-state index in [2.05, 4.69) is 5.32 Å². The molecule has 214 valence electrons. The van der Waals surface area contributed by atoms with Crippen molar-refractivity contribution in [3.63, 3.8) is 0 Å². The molecule has 0 aliphatic rings. The topological polar surface area (TPSA) is 86.8 Å². The van der Waals surface area contributed by atoms with Crippen molar-refractivity contribution >= 4 is 50.7 Å². The zero-order valence-electron chi connectivity index (χ0n) is 23.4. The number of aryl methyl sites for hydroxylation is 3. The Hall–Kier alpha value is -3.07. The second-order valence-electron chi connectivity index (χ2n) is 9.84. The monoisotopic (exact) mass is 603 g/mol. The van der Waals surface area contributed by atoms with E-state index in [-0.39, 0.29) is 17.3 Å². The summed E-state index contributed by atoms with van der Waals surface area (Å²) in [4.78, 5) is 28.4. The Labute approximate surface area is 247 Å². The molecule has 0 aliphatic heterocycles. The summed E-state index contributed by atoms with van der Waals surface area (Å²) in [5, 5.41) is 3.59. The number of anilines is 1. The summed E-state index contributed by atoms with van der Waals surface area (Å²) >= 11 is 12.5. The lowest BCUT2D eigenvalue weighted by molar-refractivity contribution is -0.139. The Morgan fingerprint density at radius 1 is 0.925 bits per heavy atom. The van der Waals surface area contributed by atoms with Crippen LogP contribution >= 0.6 is 23.2 Å². The van der Waals surface area contributed by atoms with Crippen molar-refractivity contribution in [2.75, 3.05) is 17.4 Å². The van der Waals surface area contributed by atoms with E-state index in [1.165, 1.54) is 17.0 Å². The van der Waals surface area contributed by atoms with Crippen LogP contribution in [-0.2, 0) is 26.2 Å². The van der Waals surface area contributed by atoms with Crippen LogP contribution in [0.3, 0.4) is 0 Å². The van der Waals surface area contributed by atoms with Crippen molar-refractivity contribution in [3.8, 4) is 0 Å². The Morgan fingerprint density at radius 3 is 2.17 bits per heavy atom. The van der Waals surface area contributed by atoms with E-state index < -0.39 is 28.5 Å². The predicted molar refractivity (Wildman–Crippen MR) is 161 cm³/mol. The summed E-state index contributed by atoms with van der Waals surface area (Å²) in [5.74, 6) is -0.902. The summed E-state index contributed by atoms with van der Waals surface area (Å²) in [7, 11) is -4.14. The lowest BCUT2D eigenvalue weighted by Crippen LogP contribution is -2.51. The molecule has 0 saturated heterocycles. The highest BCUT2D eigenvalue weighted by molar-refractivity contribution is 7.92. The third-order valence-electron chi connectivity index (χ3n) is 6.58. The Balaban J connectivity index is 2.07. The first-order valence-electron chi connectivity index (χ1n) is 13.0. The second-order valence-corrected chi connectivity index (χ2v) is 12.5. The Bertz CT molecular complexity index is 1480. The van der Waals surface area contributed by atoms with Crippen molar-refractivity contribution in [1.29, 1.82) is 0 Å². The molecule has 3 aromatic carbocycles. The van der Waals surface area contributed by atoms with E-state index >= 15 is 0 Å². The number of hydrogen-bond acceptors (Lipinski definition) is 4. The minimum Gasteiger partial charge on any atom is -0.354 e. The maximum absolute atomic E-state index is 14.0. The molecule has 7 nitrogen and oxygen atoms in total. The Kier molecular flexibility index (Phi) is 10.6. The lowest BCUT2D eigenvalue weighted by Gasteiger charge is -2.32. The SMILES string of the molecule is CCCNC(=O)[C@@H](C)N(Cc1ccc(Cl)cc1Cl)C(=O)CN(c1ccc(C)cc1C)S(=O)(=O)c1ccc(C)cc1. The maximum atomic E-state index is 14.0. The molecule has 3 aromatic rings. The number of amides is 2. The van der Waals surface area contributed by atoms with Gasteiger partial charge in [0.05, 0.1) is 10.6 Å². The Morgan fingerprint density at radius 2 is 1.57 bits per heavy atom. The largest absolute Gasteiger partial charge is 0.354 e. The van der Waals surface area contributed by atoms with Gasteiger partial charge in [-0.2, -0.15) is 0 Å². The first-order valence-corrected chi connectivity index (χ1v) is 15.2. The summed E-state index contributed by atoms with van der Waals surface area (Å²) in [6.07, 6.45) is 0.727. The predicted octanol–water partition coefficient (Wildman–Crippen LogP) is 6.06. The molecule has 10 heteroatoms. The van der Waals surface area contributed by atoms with Crippen LogP contribution in [0.15, 0.2) is 65.6 Å². The van der Waals surface area contributed by atoms with Gasteiger partial charge < -0.3 is 10.2 Å². The number of hydrogen-bond donors (Lipinski definition) is 1. The fraction of sp³-hybridized carbons (Fsp3) is 0.333. The normalized spacial score (nSPS) is 12.1. The van der Waals surface area contributed by atoms with Crippen molar-refractivity contribution in [3.05, 3.63) is 93.0 Å². The van der Waals surface area contributed by atoms with Crippen LogP contribution < -0.4 is 9.62 Å². The van der Waals surface area contributed by atoms with Crippen LogP contribution in [0.1, 0.15) is 42.5 Å². The smallest absolute Gasteiger partial charge is 0.264 e. The van der Waals surface area contributed by atoms with Crippen LogP contribution in [0.2, 0.25) is 10.0 Å². The van der Waals surface area contributed by atoms with Crippen molar-refractivity contribution < 1.29 is 18.0 Å². The average molecular weight is 605 g/mol.